The Morgan fingerprint density at radius 2 is 1.75 bits per heavy atom. The van der Waals surface area contributed by atoms with Gasteiger partial charge in [0.1, 0.15) is 0 Å². The molecule has 0 fully saturated rings. The molecule has 1 unspecified atom stereocenters. The first kappa shape index (κ1) is 14.5. The maximum Gasteiger partial charge on any atom is 0.218 e. The molecule has 20 heavy (non-hydrogen) atoms. The van der Waals surface area contributed by atoms with Crippen LogP contribution in [0, 0.1) is 20.8 Å². The van der Waals surface area contributed by atoms with Crippen molar-refractivity contribution in [1.82, 2.24) is 10.3 Å². The van der Waals surface area contributed by atoms with Crippen LogP contribution in [0.4, 0.5) is 0 Å². The highest BCUT2D eigenvalue weighted by Crippen LogP contribution is 2.31. The zero-order chi connectivity index (χ0) is 14.7. The number of aryl methyl sites for hydroxylation is 3. The van der Waals surface area contributed by atoms with Gasteiger partial charge in [-0.05, 0) is 56.1 Å². The minimum atomic E-state index is 0.0814. The Morgan fingerprint density at radius 1 is 1.05 bits per heavy atom. The molecule has 0 aliphatic carbocycles. The lowest BCUT2D eigenvalue weighted by molar-refractivity contribution is 0.388. The summed E-state index contributed by atoms with van der Waals surface area (Å²) in [7, 11) is 3.62. The number of aromatic nitrogens is 1. The van der Waals surface area contributed by atoms with Gasteiger partial charge in [0.15, 0.2) is 0 Å². The third-order valence-corrected chi connectivity index (χ3v) is 3.79. The lowest BCUT2D eigenvalue weighted by atomic mass is 9.92. The fourth-order valence-corrected chi connectivity index (χ4v) is 2.57. The van der Waals surface area contributed by atoms with Gasteiger partial charge in [0.2, 0.25) is 5.88 Å². The number of hydrogen-bond donors (Lipinski definition) is 1. The molecule has 0 spiro atoms. The van der Waals surface area contributed by atoms with Gasteiger partial charge in [-0.3, -0.25) is 0 Å². The quantitative estimate of drug-likeness (QED) is 0.925. The van der Waals surface area contributed by atoms with Gasteiger partial charge < -0.3 is 10.1 Å². The molecule has 1 N–H and O–H groups in total. The van der Waals surface area contributed by atoms with Crippen molar-refractivity contribution in [3.05, 3.63) is 58.3 Å². The summed E-state index contributed by atoms with van der Waals surface area (Å²) in [5, 5.41) is 3.38. The van der Waals surface area contributed by atoms with Crippen molar-refractivity contribution in [2.24, 2.45) is 0 Å². The molecule has 106 valence electrons. The van der Waals surface area contributed by atoms with Gasteiger partial charge in [-0.2, -0.15) is 0 Å². The molecule has 1 aromatic heterocycles. The van der Waals surface area contributed by atoms with E-state index < -0.39 is 0 Å². The van der Waals surface area contributed by atoms with Crippen LogP contribution in [0.25, 0.3) is 0 Å². The van der Waals surface area contributed by atoms with Crippen molar-refractivity contribution in [3.8, 4) is 5.88 Å². The molecule has 3 heteroatoms. The minimum absolute atomic E-state index is 0.0814. The zero-order valence-corrected chi connectivity index (χ0v) is 12.8. The largest absolute Gasteiger partial charge is 0.481 e. The number of hydrogen-bond acceptors (Lipinski definition) is 3. The molecule has 0 amide bonds. The first-order valence-corrected chi connectivity index (χ1v) is 6.82. The summed E-state index contributed by atoms with van der Waals surface area (Å²) in [5.41, 5.74) is 6.22. The van der Waals surface area contributed by atoms with Gasteiger partial charge in [0.25, 0.3) is 0 Å². The molecule has 0 saturated heterocycles. The molecule has 0 aliphatic rings. The summed E-state index contributed by atoms with van der Waals surface area (Å²) >= 11 is 0. The van der Waals surface area contributed by atoms with Gasteiger partial charge in [-0.15, -0.1) is 0 Å². The van der Waals surface area contributed by atoms with Crippen LogP contribution in [-0.4, -0.2) is 19.1 Å². The van der Waals surface area contributed by atoms with Crippen molar-refractivity contribution in [2.45, 2.75) is 26.8 Å². The Labute approximate surface area is 121 Å². The molecular weight excluding hydrogens is 248 g/mol. The van der Waals surface area contributed by atoms with Crippen molar-refractivity contribution in [2.75, 3.05) is 14.2 Å². The van der Waals surface area contributed by atoms with Crippen molar-refractivity contribution in [3.63, 3.8) is 0 Å². The topological polar surface area (TPSA) is 34.2 Å². The predicted molar refractivity (Wildman–Crippen MR) is 82.3 cm³/mol. The molecule has 3 nitrogen and oxygen atoms in total. The molecule has 1 aromatic carbocycles. The second-order valence-corrected chi connectivity index (χ2v) is 5.12. The molecule has 0 bridgehead atoms. The van der Waals surface area contributed by atoms with Crippen molar-refractivity contribution >= 4 is 0 Å². The second-order valence-electron chi connectivity index (χ2n) is 5.12. The Morgan fingerprint density at radius 3 is 2.40 bits per heavy atom. The molecule has 1 atom stereocenters. The molecule has 0 aliphatic heterocycles. The molecule has 0 radical (unpaired) electrons. The minimum Gasteiger partial charge on any atom is -0.481 e. The van der Waals surface area contributed by atoms with E-state index >= 15 is 0 Å². The van der Waals surface area contributed by atoms with Gasteiger partial charge >= 0.3 is 0 Å². The second kappa shape index (κ2) is 6.06. The van der Waals surface area contributed by atoms with Gasteiger partial charge in [0.05, 0.1) is 13.2 Å². The summed E-state index contributed by atoms with van der Waals surface area (Å²) < 4.78 is 5.39. The average Bonchev–Trinajstić information content (AvgIpc) is 2.45. The highest BCUT2D eigenvalue weighted by atomic mass is 16.5. The smallest absolute Gasteiger partial charge is 0.218 e. The average molecular weight is 270 g/mol. The number of ether oxygens (including phenoxy) is 1. The van der Waals surface area contributed by atoms with Crippen LogP contribution >= 0.6 is 0 Å². The van der Waals surface area contributed by atoms with E-state index in [0.29, 0.717) is 5.88 Å². The maximum absolute atomic E-state index is 5.39. The van der Waals surface area contributed by atoms with Crippen LogP contribution in [0.5, 0.6) is 5.88 Å². The molecular formula is C17H22N2O. The van der Waals surface area contributed by atoms with Crippen molar-refractivity contribution < 1.29 is 4.74 Å². The molecule has 2 rings (SSSR count). The van der Waals surface area contributed by atoms with E-state index in [1.54, 1.807) is 13.3 Å². The SMILES string of the molecule is CNC(c1cc(C)c(C)cc1C)c1cccnc1OC. The summed E-state index contributed by atoms with van der Waals surface area (Å²) in [6, 6.07) is 8.56. The standard InChI is InChI=1S/C17H22N2O/c1-11-9-13(3)15(10-12(11)2)16(18-4)14-7-6-8-19-17(14)20-5/h6-10,16,18H,1-5H3. The van der Waals surface area contributed by atoms with Gasteiger partial charge in [-0.1, -0.05) is 18.2 Å². The zero-order valence-electron chi connectivity index (χ0n) is 12.8. The first-order valence-electron chi connectivity index (χ1n) is 6.82. The molecule has 0 saturated carbocycles. The number of nitrogens with zero attached hydrogens (tertiary/aromatic N) is 1. The third-order valence-electron chi connectivity index (χ3n) is 3.79. The fourth-order valence-electron chi connectivity index (χ4n) is 2.57. The van der Waals surface area contributed by atoms with Gasteiger partial charge in [-0.25, -0.2) is 4.98 Å². The van der Waals surface area contributed by atoms with E-state index in [1.807, 2.05) is 13.1 Å². The Kier molecular flexibility index (Phi) is 4.40. The molecule has 2 aromatic rings. The summed E-state index contributed by atoms with van der Waals surface area (Å²) in [6.07, 6.45) is 1.75. The number of pyridine rings is 1. The van der Waals surface area contributed by atoms with Crippen LogP contribution in [-0.2, 0) is 0 Å². The Hall–Kier alpha value is -1.87. The van der Waals surface area contributed by atoms with Crippen LogP contribution in [0.3, 0.4) is 0 Å². The number of rotatable bonds is 4. The van der Waals surface area contributed by atoms with Crippen molar-refractivity contribution in [1.29, 1.82) is 0 Å². The number of methoxy groups -OCH3 is 1. The van der Waals surface area contributed by atoms with E-state index in [4.69, 9.17) is 4.74 Å². The Balaban J connectivity index is 2.55. The van der Waals surface area contributed by atoms with E-state index in [-0.39, 0.29) is 6.04 Å². The van der Waals surface area contributed by atoms with E-state index in [9.17, 15) is 0 Å². The molecule has 1 heterocycles. The van der Waals surface area contributed by atoms with Crippen LogP contribution in [0.1, 0.15) is 33.9 Å². The van der Waals surface area contributed by atoms with E-state index in [0.717, 1.165) is 5.56 Å². The number of benzene rings is 1. The van der Waals surface area contributed by atoms with Crippen LogP contribution in [0.2, 0.25) is 0 Å². The highest BCUT2D eigenvalue weighted by Gasteiger charge is 2.19. The third kappa shape index (κ3) is 2.68. The van der Waals surface area contributed by atoms with Gasteiger partial charge in [0, 0.05) is 11.8 Å². The summed E-state index contributed by atoms with van der Waals surface area (Å²) in [6.45, 7) is 6.44. The lowest BCUT2D eigenvalue weighted by Crippen LogP contribution is -2.20. The fraction of sp³-hybridized carbons (Fsp3) is 0.353. The predicted octanol–water partition coefficient (Wildman–Crippen LogP) is 3.32. The van der Waals surface area contributed by atoms with Crippen LogP contribution in [0.15, 0.2) is 30.5 Å². The normalized spacial score (nSPS) is 12.2. The highest BCUT2D eigenvalue weighted by molar-refractivity contribution is 5.44. The Bertz CT molecular complexity index is 608. The number of nitrogens with one attached hydrogen (secondary N) is 1. The van der Waals surface area contributed by atoms with E-state index in [1.165, 1.54) is 22.3 Å². The maximum atomic E-state index is 5.39. The van der Waals surface area contributed by atoms with Crippen LogP contribution < -0.4 is 10.1 Å². The summed E-state index contributed by atoms with van der Waals surface area (Å²) in [4.78, 5) is 4.30. The monoisotopic (exact) mass is 270 g/mol. The van der Waals surface area contributed by atoms with E-state index in [2.05, 4.69) is 49.3 Å². The first-order chi connectivity index (χ1) is 9.58. The lowest BCUT2D eigenvalue weighted by Gasteiger charge is -2.22. The summed E-state index contributed by atoms with van der Waals surface area (Å²) in [5.74, 6) is 0.671.